The minimum Gasteiger partial charge on any atom is -0.365 e. The maximum atomic E-state index is 15.3. The average molecular weight is 1010 g/mol. The Morgan fingerprint density at radius 1 is 0.449 bits per heavy atom. The fourth-order valence-corrected chi connectivity index (χ4v) is 15.8. The van der Waals surface area contributed by atoms with E-state index in [9.17, 15) is 0 Å². The summed E-state index contributed by atoms with van der Waals surface area (Å²) in [5.41, 5.74) is 4.87. The standard InChI is InChI=1S/C62H96N2OS4/c1-7-11-15-19-23-25-29-32-36-50(35-31-27-21-17-13-9-3)45-63-47-52-49(6)64(46-51(37-33-28-22-18-14-10-4)38-34-30-26-24-20-16-12-8-2)62(65)60(52)61(63)55-42-41-54(67-55)57-44-59-58(69-57)43-56(68-59)53-40-39-48(5)66-53/h39-44,50-51H,7-38,45-47H2,1-6H3. The van der Waals surface area contributed by atoms with Crippen molar-refractivity contribution in [3.8, 4) is 19.5 Å². The van der Waals surface area contributed by atoms with Crippen molar-refractivity contribution in [2.75, 3.05) is 19.6 Å². The van der Waals surface area contributed by atoms with Crippen molar-refractivity contribution in [1.82, 2.24) is 9.80 Å². The molecule has 0 saturated heterocycles. The van der Waals surface area contributed by atoms with Gasteiger partial charge in [0.2, 0.25) is 0 Å². The SMILES string of the molecule is CCCCCCCCCCC(CCCCCCCC)CN1CC2=C(C)N(CC(CCCCCCCC)CCCCCCCCCC)C(=O)C2=C1c1ccc(-c2cc3sc(-c4ccc(C)s4)cc3s2)s1. The van der Waals surface area contributed by atoms with Crippen LogP contribution in [-0.4, -0.2) is 35.3 Å². The number of carbonyl (C=O) groups excluding carboxylic acids is 1. The molecule has 7 heteroatoms. The minimum absolute atomic E-state index is 0.294. The first kappa shape index (κ1) is 56.1. The number of amides is 1. The third-order valence-electron chi connectivity index (χ3n) is 15.6. The van der Waals surface area contributed by atoms with Gasteiger partial charge < -0.3 is 9.80 Å². The molecule has 6 rings (SSSR count). The van der Waals surface area contributed by atoms with Gasteiger partial charge in [-0.3, -0.25) is 4.79 Å². The molecule has 0 fully saturated rings. The molecule has 4 aromatic heterocycles. The van der Waals surface area contributed by atoms with Gasteiger partial charge in [-0.15, -0.1) is 45.3 Å². The van der Waals surface area contributed by atoms with Crippen LogP contribution in [0.15, 0.2) is 53.2 Å². The van der Waals surface area contributed by atoms with E-state index >= 15 is 4.79 Å². The van der Waals surface area contributed by atoms with Gasteiger partial charge in [-0.05, 0) is 87.8 Å². The summed E-state index contributed by atoms with van der Waals surface area (Å²) >= 11 is 7.70. The van der Waals surface area contributed by atoms with Crippen LogP contribution in [0.1, 0.15) is 250 Å². The number of thiophene rings is 4. The topological polar surface area (TPSA) is 23.6 Å². The highest BCUT2D eigenvalue weighted by molar-refractivity contribution is 7.33. The average Bonchev–Trinajstić information content (AvgIpc) is 4.22. The van der Waals surface area contributed by atoms with E-state index in [1.165, 1.54) is 261 Å². The first-order chi connectivity index (χ1) is 33.8. The normalized spacial score (nSPS) is 15.0. The van der Waals surface area contributed by atoms with E-state index in [-0.39, 0.29) is 0 Å². The second kappa shape index (κ2) is 31.4. The van der Waals surface area contributed by atoms with Gasteiger partial charge in [-0.1, -0.05) is 207 Å². The number of aryl methyl sites for hydroxylation is 1. The molecule has 2 atom stereocenters. The molecule has 69 heavy (non-hydrogen) atoms. The molecule has 0 aliphatic carbocycles. The van der Waals surface area contributed by atoms with Crippen molar-refractivity contribution < 1.29 is 4.79 Å². The molecule has 3 nitrogen and oxygen atoms in total. The van der Waals surface area contributed by atoms with E-state index in [2.05, 4.69) is 87.7 Å². The molecular weight excluding hydrogens is 917 g/mol. The summed E-state index contributed by atoms with van der Waals surface area (Å²) in [5, 5.41) is 0. The zero-order valence-corrected chi connectivity index (χ0v) is 48.1. The van der Waals surface area contributed by atoms with Crippen molar-refractivity contribution in [1.29, 1.82) is 0 Å². The molecule has 384 valence electrons. The Kier molecular flexibility index (Phi) is 25.5. The molecule has 2 unspecified atom stereocenters. The number of nitrogens with zero attached hydrogens (tertiary/aromatic N) is 2. The van der Waals surface area contributed by atoms with Crippen LogP contribution in [0.4, 0.5) is 0 Å². The number of rotatable bonds is 39. The van der Waals surface area contributed by atoms with E-state index in [0.717, 1.165) is 25.2 Å². The van der Waals surface area contributed by atoms with Gasteiger partial charge in [0.1, 0.15) is 0 Å². The molecule has 0 bridgehead atoms. The highest BCUT2D eigenvalue weighted by Crippen LogP contribution is 2.49. The Bertz CT molecular complexity index is 2090. The number of allylic oxidation sites excluding steroid dienone is 1. The highest BCUT2D eigenvalue weighted by Gasteiger charge is 2.43. The van der Waals surface area contributed by atoms with Gasteiger partial charge in [0.25, 0.3) is 5.91 Å². The van der Waals surface area contributed by atoms with Crippen LogP contribution in [0, 0.1) is 18.8 Å². The van der Waals surface area contributed by atoms with Crippen molar-refractivity contribution in [2.24, 2.45) is 11.8 Å². The molecule has 4 aromatic rings. The fraction of sp³-hybridized carbons (Fsp3) is 0.694. The largest absolute Gasteiger partial charge is 0.365 e. The second-order valence-electron chi connectivity index (χ2n) is 21.5. The number of fused-ring (bicyclic) bond motifs is 2. The van der Waals surface area contributed by atoms with Gasteiger partial charge >= 0.3 is 0 Å². The number of hydrogen-bond acceptors (Lipinski definition) is 6. The molecule has 2 aliphatic rings. The third-order valence-corrected chi connectivity index (χ3v) is 20.3. The van der Waals surface area contributed by atoms with Crippen LogP contribution in [0.2, 0.25) is 0 Å². The fourth-order valence-electron chi connectivity index (χ4n) is 11.3. The zero-order chi connectivity index (χ0) is 48.6. The molecule has 0 radical (unpaired) electrons. The van der Waals surface area contributed by atoms with E-state index < -0.39 is 0 Å². The van der Waals surface area contributed by atoms with Crippen LogP contribution in [0.5, 0.6) is 0 Å². The second-order valence-corrected chi connectivity index (χ2v) is 26.0. The number of unbranched alkanes of at least 4 members (excludes halogenated alkanes) is 24. The maximum absolute atomic E-state index is 15.3. The van der Waals surface area contributed by atoms with Crippen LogP contribution >= 0.6 is 45.3 Å². The van der Waals surface area contributed by atoms with Crippen LogP contribution in [-0.2, 0) is 4.79 Å². The Morgan fingerprint density at radius 2 is 0.841 bits per heavy atom. The smallest absolute Gasteiger partial charge is 0.260 e. The van der Waals surface area contributed by atoms with Gasteiger partial charge in [0.05, 0.1) is 16.1 Å². The maximum Gasteiger partial charge on any atom is 0.260 e. The molecule has 0 N–H and O–H groups in total. The molecule has 0 spiro atoms. The summed E-state index contributed by atoms with van der Waals surface area (Å²) in [7, 11) is 0. The molecular formula is C62H96N2OS4. The van der Waals surface area contributed by atoms with Crippen LogP contribution in [0.25, 0.3) is 34.6 Å². The summed E-state index contributed by atoms with van der Waals surface area (Å²) in [4.78, 5) is 28.4. The summed E-state index contributed by atoms with van der Waals surface area (Å²) in [6.45, 7) is 16.6. The third kappa shape index (κ3) is 17.5. The molecule has 1 amide bonds. The van der Waals surface area contributed by atoms with E-state index in [0.29, 0.717) is 17.7 Å². The molecule has 2 aliphatic heterocycles. The van der Waals surface area contributed by atoms with E-state index in [1.54, 1.807) is 0 Å². The lowest BCUT2D eigenvalue weighted by molar-refractivity contribution is -0.124. The Morgan fingerprint density at radius 3 is 1.28 bits per heavy atom. The first-order valence-corrected chi connectivity index (χ1v) is 32.3. The monoisotopic (exact) mass is 1010 g/mol. The summed E-state index contributed by atoms with van der Waals surface area (Å²) in [6, 6.07) is 14.1. The highest BCUT2D eigenvalue weighted by atomic mass is 32.1. The van der Waals surface area contributed by atoms with Crippen LogP contribution in [0.3, 0.4) is 0 Å². The summed E-state index contributed by atoms with van der Waals surface area (Å²) < 4.78 is 2.78. The predicted octanol–water partition coefficient (Wildman–Crippen LogP) is 21.7. The van der Waals surface area contributed by atoms with Crippen molar-refractivity contribution in [3.05, 3.63) is 63.0 Å². The lowest BCUT2D eigenvalue weighted by Gasteiger charge is -2.30. The van der Waals surface area contributed by atoms with E-state index in [1.807, 2.05) is 45.3 Å². The van der Waals surface area contributed by atoms with Crippen molar-refractivity contribution >= 4 is 66.4 Å². The predicted molar refractivity (Wildman–Crippen MR) is 311 cm³/mol. The van der Waals surface area contributed by atoms with Gasteiger partial charge in [0.15, 0.2) is 0 Å². The van der Waals surface area contributed by atoms with Crippen molar-refractivity contribution in [2.45, 2.75) is 247 Å². The molecule has 6 heterocycles. The van der Waals surface area contributed by atoms with Crippen molar-refractivity contribution in [3.63, 3.8) is 0 Å². The van der Waals surface area contributed by atoms with Gasteiger partial charge in [-0.2, -0.15) is 0 Å². The Hall–Kier alpha value is -2.19. The summed E-state index contributed by atoms with van der Waals surface area (Å²) in [5.74, 6) is 1.53. The molecule has 0 aromatic carbocycles. The quantitative estimate of drug-likeness (QED) is 0.0416. The first-order valence-electron chi connectivity index (χ1n) is 29.1. The lowest BCUT2D eigenvalue weighted by Crippen LogP contribution is -2.33. The summed E-state index contributed by atoms with van der Waals surface area (Å²) in [6.07, 6.45) is 43.2. The Balaban J connectivity index is 1.23. The van der Waals surface area contributed by atoms with E-state index in [4.69, 9.17) is 0 Å². The minimum atomic E-state index is 0.294. The molecule has 0 saturated carbocycles. The number of hydrogen-bond donors (Lipinski definition) is 0. The van der Waals surface area contributed by atoms with Crippen LogP contribution < -0.4 is 0 Å². The Labute approximate surface area is 439 Å². The lowest BCUT2D eigenvalue weighted by atomic mass is 9.93. The van der Waals surface area contributed by atoms with Gasteiger partial charge in [0, 0.05) is 64.7 Å². The number of carbonyl (C=O) groups is 1. The zero-order valence-electron chi connectivity index (χ0n) is 44.8. The van der Waals surface area contributed by atoms with Gasteiger partial charge in [-0.25, -0.2) is 0 Å².